The van der Waals surface area contributed by atoms with E-state index in [0.717, 1.165) is 25.9 Å². The SMILES string of the molecule is N#CCCc1[nH]nc(C(F)(F)F)c1Cc1cnc(C(=O)Nc2ccc(C(=O)N3CCN(C(=O)C4CCNCC4)CC3)c(Cl)c2)[nH]1. The number of aromatic amines is 2. The molecule has 0 unspecified atom stereocenters. The summed E-state index contributed by atoms with van der Waals surface area (Å²) in [5, 5.41) is 20.6. The first-order chi connectivity index (χ1) is 21.5. The van der Waals surface area contributed by atoms with Crippen molar-refractivity contribution in [2.75, 3.05) is 44.6 Å². The molecule has 3 amide bonds. The number of carbonyl (C=O) groups excluding carboxylic acids is 3. The van der Waals surface area contributed by atoms with Crippen LogP contribution in [0.4, 0.5) is 18.9 Å². The zero-order valence-corrected chi connectivity index (χ0v) is 24.9. The Morgan fingerprint density at radius 2 is 1.82 bits per heavy atom. The fraction of sp³-hybridized carbons (Fsp3) is 0.448. The molecule has 16 heteroatoms. The second kappa shape index (κ2) is 13.7. The Kier molecular flexibility index (Phi) is 9.74. The molecule has 238 valence electrons. The van der Waals surface area contributed by atoms with Gasteiger partial charge in [0.25, 0.3) is 11.8 Å². The van der Waals surface area contributed by atoms with Crippen LogP contribution in [0.5, 0.6) is 0 Å². The van der Waals surface area contributed by atoms with Gasteiger partial charge in [-0.25, -0.2) is 4.98 Å². The number of halogens is 4. The van der Waals surface area contributed by atoms with E-state index in [1.807, 2.05) is 11.0 Å². The molecule has 2 aromatic heterocycles. The van der Waals surface area contributed by atoms with Gasteiger partial charge in [-0.15, -0.1) is 0 Å². The molecule has 12 nitrogen and oxygen atoms in total. The first kappa shape index (κ1) is 32.0. The maximum atomic E-state index is 13.5. The maximum Gasteiger partial charge on any atom is 0.435 e. The summed E-state index contributed by atoms with van der Waals surface area (Å²) in [7, 11) is 0. The van der Waals surface area contributed by atoms with Gasteiger partial charge in [-0.3, -0.25) is 19.5 Å². The number of aryl methyl sites for hydroxylation is 1. The number of alkyl halides is 3. The normalized spacial score (nSPS) is 16.0. The summed E-state index contributed by atoms with van der Waals surface area (Å²) in [6.45, 7) is 3.32. The summed E-state index contributed by atoms with van der Waals surface area (Å²) < 4.78 is 40.5. The van der Waals surface area contributed by atoms with Crippen LogP contribution in [0.15, 0.2) is 24.4 Å². The standard InChI is InChI=1S/C29H31ClF3N9O3/c30-22-15-18(3-4-20(22)28(45)42-12-10-41(11-13-42)27(44)17-5-8-35-9-6-17)38-26(43)25-36-16-19(37-25)14-21-23(2-1-7-34)39-40-24(21)29(31,32)33/h3-4,15-17,35H,1-2,5-6,8-14H2,(H,36,37)(H,38,43)(H,39,40). The minimum absolute atomic E-state index is 0.00629. The lowest BCUT2D eigenvalue weighted by Crippen LogP contribution is -2.52. The van der Waals surface area contributed by atoms with Crippen LogP contribution >= 0.6 is 11.6 Å². The number of carbonyl (C=O) groups is 3. The number of aromatic nitrogens is 4. The molecule has 0 spiro atoms. The number of imidazole rings is 1. The first-order valence-electron chi connectivity index (χ1n) is 14.5. The van der Waals surface area contributed by atoms with Crippen molar-refractivity contribution in [2.24, 2.45) is 5.92 Å². The highest BCUT2D eigenvalue weighted by Crippen LogP contribution is 2.33. The molecule has 45 heavy (non-hydrogen) atoms. The number of piperidine rings is 1. The lowest BCUT2D eigenvalue weighted by Gasteiger charge is -2.37. The first-order valence-corrected chi connectivity index (χ1v) is 14.9. The van der Waals surface area contributed by atoms with Crippen LogP contribution in [-0.2, 0) is 23.8 Å². The second-order valence-corrected chi connectivity index (χ2v) is 11.3. The van der Waals surface area contributed by atoms with Crippen LogP contribution in [0, 0.1) is 17.2 Å². The summed E-state index contributed by atoms with van der Waals surface area (Å²) in [4.78, 5) is 49.1. The van der Waals surface area contributed by atoms with E-state index in [9.17, 15) is 27.6 Å². The van der Waals surface area contributed by atoms with Crippen LogP contribution in [0.3, 0.4) is 0 Å². The smallest absolute Gasteiger partial charge is 0.339 e. The number of H-pyrrole nitrogens is 2. The molecule has 1 aromatic carbocycles. The van der Waals surface area contributed by atoms with Crippen molar-refractivity contribution in [3.63, 3.8) is 0 Å². The zero-order valence-electron chi connectivity index (χ0n) is 24.1. The largest absolute Gasteiger partial charge is 0.435 e. The van der Waals surface area contributed by atoms with E-state index in [0.29, 0.717) is 26.2 Å². The van der Waals surface area contributed by atoms with Crippen molar-refractivity contribution in [3.8, 4) is 6.07 Å². The summed E-state index contributed by atoms with van der Waals surface area (Å²) in [6.07, 6.45) is -1.99. The van der Waals surface area contributed by atoms with E-state index >= 15 is 0 Å². The van der Waals surface area contributed by atoms with Crippen molar-refractivity contribution in [2.45, 2.75) is 38.3 Å². The van der Waals surface area contributed by atoms with Crippen molar-refractivity contribution >= 4 is 35.0 Å². The molecular weight excluding hydrogens is 615 g/mol. The Balaban J connectivity index is 1.19. The predicted molar refractivity (Wildman–Crippen MR) is 156 cm³/mol. The topological polar surface area (TPSA) is 163 Å². The number of nitrogens with zero attached hydrogens (tertiary/aromatic N) is 5. The monoisotopic (exact) mass is 645 g/mol. The van der Waals surface area contributed by atoms with E-state index in [4.69, 9.17) is 16.9 Å². The third kappa shape index (κ3) is 7.46. The summed E-state index contributed by atoms with van der Waals surface area (Å²) >= 11 is 6.43. The number of nitriles is 1. The molecular formula is C29H31ClF3N9O3. The van der Waals surface area contributed by atoms with Crippen LogP contribution in [-0.4, -0.2) is 87.0 Å². The van der Waals surface area contributed by atoms with Gasteiger partial charge in [0.1, 0.15) is 0 Å². The zero-order chi connectivity index (χ0) is 32.1. The van der Waals surface area contributed by atoms with Gasteiger partial charge in [-0.2, -0.15) is 23.5 Å². The quantitative estimate of drug-likeness (QED) is 0.292. The highest BCUT2D eigenvalue weighted by atomic mass is 35.5. The van der Waals surface area contributed by atoms with Gasteiger partial charge in [0.2, 0.25) is 5.91 Å². The molecule has 4 N–H and O–H groups in total. The molecule has 2 aliphatic heterocycles. The average molecular weight is 646 g/mol. The van der Waals surface area contributed by atoms with Crippen molar-refractivity contribution < 1.29 is 27.6 Å². The summed E-state index contributed by atoms with van der Waals surface area (Å²) in [5.74, 6) is -0.940. The second-order valence-electron chi connectivity index (χ2n) is 10.9. The number of hydrogen-bond acceptors (Lipinski definition) is 7. The van der Waals surface area contributed by atoms with E-state index in [2.05, 4.69) is 30.8 Å². The molecule has 2 saturated heterocycles. The molecule has 0 aliphatic carbocycles. The minimum atomic E-state index is -4.70. The summed E-state index contributed by atoms with van der Waals surface area (Å²) in [6, 6.07) is 6.34. The Hall–Kier alpha value is -4.42. The molecule has 0 radical (unpaired) electrons. The Morgan fingerprint density at radius 3 is 2.49 bits per heavy atom. The molecule has 0 atom stereocenters. The predicted octanol–water partition coefficient (Wildman–Crippen LogP) is 3.39. The van der Waals surface area contributed by atoms with Gasteiger partial charge in [0, 0.05) is 80.2 Å². The number of hydrogen-bond donors (Lipinski definition) is 4. The van der Waals surface area contributed by atoms with Crippen LogP contribution in [0.2, 0.25) is 5.02 Å². The van der Waals surface area contributed by atoms with Crippen LogP contribution in [0.25, 0.3) is 0 Å². The van der Waals surface area contributed by atoms with Gasteiger partial charge in [0.15, 0.2) is 11.5 Å². The molecule has 3 aromatic rings. The van der Waals surface area contributed by atoms with Crippen molar-refractivity contribution in [3.05, 3.63) is 63.5 Å². The van der Waals surface area contributed by atoms with E-state index in [1.54, 1.807) is 4.90 Å². The Labute approximate surface area is 261 Å². The number of anilines is 1. The van der Waals surface area contributed by atoms with E-state index < -0.39 is 17.8 Å². The van der Waals surface area contributed by atoms with Crippen molar-refractivity contribution in [1.82, 2.24) is 35.3 Å². The van der Waals surface area contributed by atoms with Gasteiger partial charge in [-0.05, 0) is 44.1 Å². The molecule has 2 aliphatic rings. The number of rotatable bonds is 8. The number of nitrogens with one attached hydrogen (secondary N) is 4. The fourth-order valence-corrected chi connectivity index (χ4v) is 5.81. The fourth-order valence-electron chi connectivity index (χ4n) is 5.55. The highest BCUT2D eigenvalue weighted by molar-refractivity contribution is 6.34. The summed E-state index contributed by atoms with van der Waals surface area (Å²) in [5.41, 5.74) is -0.267. The third-order valence-electron chi connectivity index (χ3n) is 7.94. The van der Waals surface area contributed by atoms with Gasteiger partial charge < -0.3 is 25.4 Å². The Morgan fingerprint density at radius 1 is 1.11 bits per heavy atom. The van der Waals surface area contributed by atoms with E-state index in [-0.39, 0.29) is 76.0 Å². The number of amides is 3. The number of benzene rings is 1. The maximum absolute atomic E-state index is 13.5. The highest BCUT2D eigenvalue weighted by Gasteiger charge is 2.38. The third-order valence-corrected chi connectivity index (χ3v) is 8.26. The lowest BCUT2D eigenvalue weighted by atomic mass is 9.96. The van der Waals surface area contributed by atoms with Gasteiger partial charge >= 0.3 is 6.18 Å². The van der Waals surface area contributed by atoms with Crippen LogP contribution in [0.1, 0.15) is 62.9 Å². The molecule has 2 fully saturated rings. The molecule has 5 rings (SSSR count). The van der Waals surface area contributed by atoms with Crippen molar-refractivity contribution in [1.29, 1.82) is 5.26 Å². The molecule has 0 saturated carbocycles. The molecule has 0 bridgehead atoms. The van der Waals surface area contributed by atoms with Gasteiger partial charge in [0.05, 0.1) is 16.7 Å². The van der Waals surface area contributed by atoms with Crippen LogP contribution < -0.4 is 10.6 Å². The average Bonchev–Trinajstić information content (AvgIpc) is 3.67. The van der Waals surface area contributed by atoms with Gasteiger partial charge in [-0.1, -0.05) is 11.6 Å². The molecule has 4 heterocycles. The minimum Gasteiger partial charge on any atom is -0.339 e. The number of piperazine rings is 1. The Bertz CT molecular complexity index is 1600. The lowest BCUT2D eigenvalue weighted by molar-refractivity contribution is -0.141. The van der Waals surface area contributed by atoms with E-state index in [1.165, 1.54) is 24.4 Å².